The summed E-state index contributed by atoms with van der Waals surface area (Å²) in [6, 6.07) is 8.71. The molecule has 2 N–H and O–H groups in total. The van der Waals surface area contributed by atoms with E-state index in [1.54, 1.807) is 0 Å². The van der Waals surface area contributed by atoms with Crippen LogP contribution in [0.25, 0.3) is 0 Å². The zero-order valence-corrected chi connectivity index (χ0v) is 12.2. The molecule has 1 aromatic rings. The van der Waals surface area contributed by atoms with Crippen LogP contribution < -0.4 is 10.6 Å². The van der Waals surface area contributed by atoms with E-state index in [0.717, 1.165) is 18.5 Å². The molecular weight excluding hydrogens is 248 g/mol. The van der Waals surface area contributed by atoms with Crippen molar-refractivity contribution in [2.75, 3.05) is 5.32 Å². The molecule has 2 fully saturated rings. The van der Waals surface area contributed by atoms with Crippen LogP contribution in [0.1, 0.15) is 44.6 Å². The van der Waals surface area contributed by atoms with E-state index in [-0.39, 0.29) is 11.9 Å². The van der Waals surface area contributed by atoms with Crippen molar-refractivity contribution in [3.8, 4) is 0 Å². The first-order valence-corrected chi connectivity index (χ1v) is 7.92. The van der Waals surface area contributed by atoms with Gasteiger partial charge in [0.25, 0.3) is 0 Å². The summed E-state index contributed by atoms with van der Waals surface area (Å²) in [6.45, 7) is 2.13. The first-order valence-electron chi connectivity index (χ1n) is 7.92. The summed E-state index contributed by atoms with van der Waals surface area (Å²) in [5, 5.41) is 6.60. The van der Waals surface area contributed by atoms with Crippen molar-refractivity contribution in [2.45, 2.75) is 57.5 Å². The van der Waals surface area contributed by atoms with Crippen molar-refractivity contribution in [2.24, 2.45) is 5.92 Å². The molecule has 20 heavy (non-hydrogen) atoms. The Balaban J connectivity index is 1.61. The molecule has 3 heteroatoms. The van der Waals surface area contributed by atoms with Gasteiger partial charge in [-0.05, 0) is 49.3 Å². The van der Waals surface area contributed by atoms with E-state index in [4.69, 9.17) is 0 Å². The Labute approximate surface area is 121 Å². The summed E-state index contributed by atoms with van der Waals surface area (Å²) in [5.74, 6) is 0.842. The second-order valence-corrected chi connectivity index (χ2v) is 6.15. The van der Waals surface area contributed by atoms with E-state index in [9.17, 15) is 4.79 Å². The smallest absolute Gasteiger partial charge is 0.241 e. The second-order valence-electron chi connectivity index (χ2n) is 6.15. The number of nitrogens with one attached hydrogen (secondary N) is 2. The van der Waals surface area contributed by atoms with E-state index in [0.29, 0.717) is 12.0 Å². The molecule has 3 nitrogen and oxygen atoms in total. The van der Waals surface area contributed by atoms with Crippen LogP contribution >= 0.6 is 0 Å². The maximum Gasteiger partial charge on any atom is 0.241 e. The van der Waals surface area contributed by atoms with Crippen LogP contribution in [-0.2, 0) is 11.2 Å². The molecule has 0 radical (unpaired) electrons. The molecule has 3 rings (SSSR count). The van der Waals surface area contributed by atoms with Gasteiger partial charge >= 0.3 is 0 Å². The fraction of sp³-hybridized carbons (Fsp3) is 0.588. The second kappa shape index (κ2) is 5.96. The molecule has 1 aliphatic heterocycles. The molecule has 1 amide bonds. The molecule has 108 valence electrons. The van der Waals surface area contributed by atoms with Gasteiger partial charge in [0, 0.05) is 11.7 Å². The van der Waals surface area contributed by atoms with Gasteiger partial charge in [-0.25, -0.2) is 0 Å². The molecule has 1 saturated carbocycles. The highest BCUT2D eigenvalue weighted by Gasteiger charge is 2.38. The average Bonchev–Trinajstić information content (AvgIpc) is 2.91. The van der Waals surface area contributed by atoms with Gasteiger partial charge in [-0.1, -0.05) is 31.9 Å². The first kappa shape index (κ1) is 13.6. The van der Waals surface area contributed by atoms with Gasteiger partial charge in [-0.2, -0.15) is 0 Å². The third-order valence-corrected chi connectivity index (χ3v) is 4.78. The third kappa shape index (κ3) is 2.88. The summed E-state index contributed by atoms with van der Waals surface area (Å²) in [5.41, 5.74) is 2.18. The summed E-state index contributed by atoms with van der Waals surface area (Å²) >= 11 is 0. The fourth-order valence-corrected chi connectivity index (χ4v) is 3.62. The number of rotatable bonds is 3. The number of hydrogen-bond acceptors (Lipinski definition) is 2. The third-order valence-electron chi connectivity index (χ3n) is 4.78. The van der Waals surface area contributed by atoms with E-state index in [2.05, 4.69) is 29.7 Å². The van der Waals surface area contributed by atoms with E-state index in [1.807, 2.05) is 12.1 Å². The van der Waals surface area contributed by atoms with Crippen molar-refractivity contribution in [1.29, 1.82) is 0 Å². The van der Waals surface area contributed by atoms with Crippen molar-refractivity contribution >= 4 is 11.6 Å². The number of amides is 1. The number of aryl methyl sites for hydroxylation is 1. The molecule has 0 spiro atoms. The van der Waals surface area contributed by atoms with Crippen LogP contribution in [0.15, 0.2) is 24.3 Å². The quantitative estimate of drug-likeness (QED) is 0.887. The molecule has 1 aromatic carbocycles. The Morgan fingerprint density at radius 3 is 3.00 bits per heavy atom. The lowest BCUT2D eigenvalue weighted by Crippen LogP contribution is -2.39. The topological polar surface area (TPSA) is 41.1 Å². The Kier molecular flexibility index (Phi) is 4.06. The highest BCUT2D eigenvalue weighted by atomic mass is 16.2. The van der Waals surface area contributed by atoms with Crippen LogP contribution in [0, 0.1) is 5.92 Å². The van der Waals surface area contributed by atoms with E-state index in [1.165, 1.54) is 31.2 Å². The molecule has 0 bridgehead atoms. The molecule has 3 unspecified atom stereocenters. The van der Waals surface area contributed by atoms with Crippen molar-refractivity contribution in [3.05, 3.63) is 29.8 Å². The lowest BCUT2D eigenvalue weighted by atomic mass is 9.85. The maximum absolute atomic E-state index is 12.4. The molecule has 1 aliphatic carbocycles. The Hall–Kier alpha value is -1.35. The molecule has 3 atom stereocenters. The predicted octanol–water partition coefficient (Wildman–Crippen LogP) is 3.11. The maximum atomic E-state index is 12.4. The van der Waals surface area contributed by atoms with Gasteiger partial charge in [0.1, 0.15) is 0 Å². The highest BCUT2D eigenvalue weighted by molar-refractivity contribution is 5.95. The first-order chi connectivity index (χ1) is 9.76. The molecule has 1 heterocycles. The summed E-state index contributed by atoms with van der Waals surface area (Å²) in [7, 11) is 0. The summed E-state index contributed by atoms with van der Waals surface area (Å²) < 4.78 is 0. The van der Waals surface area contributed by atoms with E-state index >= 15 is 0 Å². The number of carbonyl (C=O) groups is 1. The number of hydrogen-bond donors (Lipinski definition) is 2. The molecular formula is C17H24N2O. The zero-order valence-electron chi connectivity index (χ0n) is 12.2. The minimum atomic E-state index is -0.00613. The normalized spacial score (nSPS) is 28.9. The van der Waals surface area contributed by atoms with Crippen molar-refractivity contribution in [1.82, 2.24) is 5.32 Å². The lowest BCUT2D eigenvalue weighted by Gasteiger charge is -2.24. The predicted molar refractivity (Wildman–Crippen MR) is 81.7 cm³/mol. The molecule has 1 saturated heterocycles. The van der Waals surface area contributed by atoms with Crippen LogP contribution in [0.5, 0.6) is 0 Å². The lowest BCUT2D eigenvalue weighted by molar-refractivity contribution is -0.117. The summed E-state index contributed by atoms with van der Waals surface area (Å²) in [6.07, 6.45) is 7.16. The van der Waals surface area contributed by atoms with Crippen LogP contribution in [0.4, 0.5) is 5.69 Å². The number of benzene rings is 1. The van der Waals surface area contributed by atoms with Crippen LogP contribution in [0.2, 0.25) is 0 Å². The Morgan fingerprint density at radius 1 is 1.35 bits per heavy atom. The Morgan fingerprint density at radius 2 is 2.20 bits per heavy atom. The Bertz CT molecular complexity index is 472. The average molecular weight is 272 g/mol. The number of anilines is 1. The van der Waals surface area contributed by atoms with Crippen LogP contribution in [-0.4, -0.2) is 18.0 Å². The minimum absolute atomic E-state index is 0.00613. The highest BCUT2D eigenvalue weighted by Crippen LogP contribution is 2.33. The van der Waals surface area contributed by atoms with Gasteiger partial charge < -0.3 is 10.6 Å². The van der Waals surface area contributed by atoms with Gasteiger partial charge in [0.2, 0.25) is 5.91 Å². The van der Waals surface area contributed by atoms with Crippen molar-refractivity contribution < 1.29 is 4.79 Å². The van der Waals surface area contributed by atoms with Gasteiger partial charge in [0.05, 0.1) is 6.04 Å². The van der Waals surface area contributed by atoms with Gasteiger partial charge in [-0.15, -0.1) is 0 Å². The number of fused-ring (bicyclic) bond motifs is 1. The zero-order chi connectivity index (χ0) is 13.9. The van der Waals surface area contributed by atoms with Crippen LogP contribution in [0.3, 0.4) is 0 Å². The number of carbonyl (C=O) groups excluding carboxylic acids is 1. The summed E-state index contributed by atoms with van der Waals surface area (Å²) in [4.78, 5) is 12.4. The molecule has 2 aliphatic rings. The standard InChI is InChI=1S/C17H24N2O/c1-2-12-6-5-8-14(10-12)18-17(20)16-11-13-7-3-4-9-15(13)19-16/h5-6,8,10,13,15-16,19H,2-4,7,9,11H2,1H3,(H,18,20). The van der Waals surface area contributed by atoms with Gasteiger partial charge in [0.15, 0.2) is 0 Å². The molecule has 0 aromatic heterocycles. The largest absolute Gasteiger partial charge is 0.325 e. The fourth-order valence-electron chi connectivity index (χ4n) is 3.62. The SMILES string of the molecule is CCc1cccc(NC(=O)C2CC3CCCCC3N2)c1. The minimum Gasteiger partial charge on any atom is -0.325 e. The van der Waals surface area contributed by atoms with Gasteiger partial charge in [-0.3, -0.25) is 4.79 Å². The monoisotopic (exact) mass is 272 g/mol. The van der Waals surface area contributed by atoms with Crippen molar-refractivity contribution in [3.63, 3.8) is 0 Å². The van der Waals surface area contributed by atoms with E-state index < -0.39 is 0 Å².